The Balaban J connectivity index is 0.00000506. The number of carboxylic acids is 1. The summed E-state index contributed by atoms with van der Waals surface area (Å²) in [6.45, 7) is 7.37. The van der Waals surface area contributed by atoms with Gasteiger partial charge in [-0.25, -0.2) is 9.97 Å². The molecule has 2 amide bonds. The largest absolute Gasteiger partial charge is 0.545 e. The fourth-order valence-corrected chi connectivity index (χ4v) is 5.59. The zero-order chi connectivity index (χ0) is 30.8. The van der Waals surface area contributed by atoms with E-state index < -0.39 is 17.4 Å². The van der Waals surface area contributed by atoms with Crippen LogP contribution in [0.3, 0.4) is 0 Å². The number of anilines is 2. The van der Waals surface area contributed by atoms with Gasteiger partial charge in [-0.1, -0.05) is 20.8 Å². The van der Waals surface area contributed by atoms with Gasteiger partial charge in [0.05, 0.1) is 38.4 Å². The van der Waals surface area contributed by atoms with Crippen LogP contribution in [-0.2, 0) is 15.0 Å². The van der Waals surface area contributed by atoms with Gasteiger partial charge >= 0.3 is 0 Å². The fraction of sp³-hybridized carbons (Fsp3) is 0.448. The highest BCUT2D eigenvalue weighted by molar-refractivity contribution is 7.14. The summed E-state index contributed by atoms with van der Waals surface area (Å²) in [6, 6.07) is 2.83. The molecule has 0 bridgehead atoms. The number of amides is 2. The molecule has 1 fully saturated rings. The first kappa shape index (κ1) is 33.7. The number of aliphatic carboxylic acids is 1. The van der Waals surface area contributed by atoms with Gasteiger partial charge in [-0.3, -0.25) is 24.1 Å². The molecule has 14 heteroatoms. The van der Waals surface area contributed by atoms with Gasteiger partial charge in [0, 0.05) is 41.7 Å². The zero-order valence-corrected chi connectivity index (χ0v) is 26.8. The molecule has 0 aliphatic carbocycles. The average molecular weight is 632 g/mol. The Morgan fingerprint density at radius 1 is 1.21 bits per heavy atom. The van der Waals surface area contributed by atoms with Crippen LogP contribution in [0.4, 0.5) is 10.9 Å². The minimum atomic E-state index is -1.45. The predicted molar refractivity (Wildman–Crippen MR) is 168 cm³/mol. The van der Waals surface area contributed by atoms with Crippen molar-refractivity contribution in [3.8, 4) is 0 Å². The van der Waals surface area contributed by atoms with E-state index in [1.165, 1.54) is 40.1 Å². The number of pyridine rings is 1. The molecule has 3 aromatic rings. The van der Waals surface area contributed by atoms with Crippen LogP contribution >= 0.6 is 23.7 Å². The number of aromatic nitrogens is 3. The minimum absolute atomic E-state index is 0. The summed E-state index contributed by atoms with van der Waals surface area (Å²) in [6.07, 6.45) is 4.90. The summed E-state index contributed by atoms with van der Waals surface area (Å²) >= 11 is 1.33. The number of hydrogen-bond acceptors (Lipinski definition) is 9. The van der Waals surface area contributed by atoms with Crippen molar-refractivity contribution in [3.05, 3.63) is 57.0 Å². The fourth-order valence-electron chi connectivity index (χ4n) is 4.66. The number of nitrogens with one attached hydrogen (secondary N) is 2. The van der Waals surface area contributed by atoms with E-state index >= 15 is 0 Å². The Kier molecular flexibility index (Phi) is 10.4. The lowest BCUT2D eigenvalue weighted by Crippen LogP contribution is -2.52. The van der Waals surface area contributed by atoms with Crippen molar-refractivity contribution in [3.63, 3.8) is 0 Å². The van der Waals surface area contributed by atoms with Crippen LogP contribution < -0.4 is 26.2 Å². The molecule has 0 spiro atoms. The number of quaternary nitrogens is 1. The van der Waals surface area contributed by atoms with E-state index in [1.54, 1.807) is 0 Å². The Labute approximate surface area is 260 Å². The van der Waals surface area contributed by atoms with Gasteiger partial charge < -0.3 is 24.6 Å². The van der Waals surface area contributed by atoms with E-state index in [9.17, 15) is 24.3 Å². The number of likely N-dealkylation sites (N-methyl/N-ethyl adjacent to an activating group) is 1. The third-order valence-corrected chi connectivity index (χ3v) is 7.45. The molecule has 0 radical (unpaired) electrons. The van der Waals surface area contributed by atoms with E-state index in [-0.39, 0.29) is 52.4 Å². The summed E-state index contributed by atoms with van der Waals surface area (Å²) in [5.41, 5.74) is 0.788. The topological polar surface area (TPSA) is 149 Å². The van der Waals surface area contributed by atoms with Crippen molar-refractivity contribution < 1.29 is 24.0 Å². The molecule has 12 nitrogen and oxygen atoms in total. The number of carbonyl (C=O) groups excluding carboxylic acids is 3. The maximum Gasteiger partial charge on any atom is 0.275 e. The number of fused-ring (bicyclic) bond motifs is 1. The molecule has 0 aromatic carbocycles. The summed E-state index contributed by atoms with van der Waals surface area (Å²) in [5, 5.41) is 19.5. The van der Waals surface area contributed by atoms with Crippen LogP contribution in [0, 0.1) is 0 Å². The predicted octanol–water partition coefficient (Wildman–Crippen LogP) is 1.68. The number of thiazole rings is 1. The highest BCUT2D eigenvalue weighted by Gasteiger charge is 2.27. The van der Waals surface area contributed by atoms with E-state index in [0.29, 0.717) is 29.2 Å². The van der Waals surface area contributed by atoms with Gasteiger partial charge in [-0.05, 0) is 37.1 Å². The van der Waals surface area contributed by atoms with Crippen LogP contribution in [0.1, 0.15) is 55.2 Å². The van der Waals surface area contributed by atoms with Crippen molar-refractivity contribution in [2.75, 3.05) is 51.0 Å². The summed E-state index contributed by atoms with van der Waals surface area (Å²) in [7, 11) is 5.80. The summed E-state index contributed by atoms with van der Waals surface area (Å²) in [5.74, 6) is -1.65. The van der Waals surface area contributed by atoms with Crippen molar-refractivity contribution in [2.24, 2.45) is 0 Å². The zero-order valence-electron chi connectivity index (χ0n) is 25.2. The molecule has 3 aromatic heterocycles. The Bertz CT molecular complexity index is 1600. The molecule has 0 saturated carbocycles. The molecule has 0 unspecified atom stereocenters. The van der Waals surface area contributed by atoms with Crippen LogP contribution in [0.25, 0.3) is 11.7 Å². The third kappa shape index (κ3) is 8.62. The number of carbonyl (C=O) groups is 3. The molecule has 1 saturated heterocycles. The Hall–Kier alpha value is -3.81. The van der Waals surface area contributed by atoms with Gasteiger partial charge in [0.2, 0.25) is 0 Å². The molecule has 2 N–H and O–H groups in total. The third-order valence-electron chi connectivity index (χ3n) is 6.69. The number of carboxylic acid groups (broad SMARTS) is 1. The molecular weight excluding hydrogens is 594 g/mol. The second kappa shape index (κ2) is 13.2. The molecule has 43 heavy (non-hydrogen) atoms. The van der Waals surface area contributed by atoms with E-state index in [0.717, 1.165) is 24.6 Å². The standard InChI is InChI=1S/C29H37N7O5S.ClH/c1-29(2,3)21-17-42-28(31-21)33-26(40)18-11-13-35-22(14-18)32-25(20(27(35)41)9-10-24(38)39)34-12-7-8-19(15-34)30-23(37)16-36(4,5)6;/h9-11,13-14,17,19H,7-8,12,15-16H2,1-6H3,(H2-,30,31,33,37,38,39,40);1H/t19-;/m0./s1. The minimum Gasteiger partial charge on any atom is -0.545 e. The molecule has 4 rings (SSSR count). The number of halogens is 1. The first-order valence-electron chi connectivity index (χ1n) is 13.7. The number of piperidine rings is 1. The lowest BCUT2D eigenvalue weighted by Gasteiger charge is -2.35. The van der Waals surface area contributed by atoms with Crippen LogP contribution in [0.2, 0.25) is 0 Å². The van der Waals surface area contributed by atoms with Crippen molar-refractivity contribution >= 4 is 64.2 Å². The lowest BCUT2D eigenvalue weighted by atomic mass is 9.93. The lowest BCUT2D eigenvalue weighted by molar-refractivity contribution is -0.862. The van der Waals surface area contributed by atoms with Crippen molar-refractivity contribution in [1.29, 1.82) is 0 Å². The first-order chi connectivity index (χ1) is 19.6. The molecule has 232 valence electrons. The van der Waals surface area contributed by atoms with Crippen LogP contribution in [-0.4, -0.2) is 83.5 Å². The molecule has 1 aliphatic heterocycles. The second-order valence-electron chi connectivity index (χ2n) is 12.5. The molecular formula is C29H38ClN7O5S. The van der Waals surface area contributed by atoms with E-state index in [1.807, 2.05) is 52.2 Å². The molecule has 1 atom stereocenters. The summed E-state index contributed by atoms with van der Waals surface area (Å²) < 4.78 is 1.75. The van der Waals surface area contributed by atoms with Crippen molar-refractivity contribution in [2.45, 2.75) is 45.1 Å². The highest BCUT2D eigenvalue weighted by atomic mass is 35.5. The van der Waals surface area contributed by atoms with E-state index in [4.69, 9.17) is 4.98 Å². The van der Waals surface area contributed by atoms with E-state index in [2.05, 4.69) is 15.6 Å². The maximum atomic E-state index is 13.5. The normalized spacial score (nSPS) is 15.8. The van der Waals surface area contributed by atoms with Crippen LogP contribution in [0.15, 0.2) is 34.6 Å². The Morgan fingerprint density at radius 3 is 2.56 bits per heavy atom. The van der Waals surface area contributed by atoms with Gasteiger partial charge in [0.1, 0.15) is 11.5 Å². The number of hydrogen-bond donors (Lipinski definition) is 2. The van der Waals surface area contributed by atoms with Crippen LogP contribution in [0.5, 0.6) is 0 Å². The highest BCUT2D eigenvalue weighted by Crippen LogP contribution is 2.27. The van der Waals surface area contributed by atoms with Gasteiger partial charge in [-0.15, -0.1) is 23.7 Å². The second-order valence-corrected chi connectivity index (χ2v) is 13.4. The van der Waals surface area contributed by atoms with Gasteiger partial charge in [0.15, 0.2) is 11.7 Å². The molecule has 1 aliphatic rings. The van der Waals surface area contributed by atoms with Gasteiger partial charge in [-0.2, -0.15) is 0 Å². The first-order valence-corrected chi connectivity index (χ1v) is 14.6. The number of rotatable bonds is 8. The van der Waals surface area contributed by atoms with Gasteiger partial charge in [0.25, 0.3) is 17.4 Å². The smallest absolute Gasteiger partial charge is 0.275 e. The Morgan fingerprint density at radius 2 is 1.93 bits per heavy atom. The average Bonchev–Trinajstić information content (AvgIpc) is 3.36. The SMILES string of the molecule is CC(C)(C)c1csc(NC(=O)c2ccn3c(=O)c(C=CC(=O)[O-])c(N4CCC[C@H](NC(=O)C[N+](C)(C)C)C4)nc3c2)n1.Cl. The summed E-state index contributed by atoms with van der Waals surface area (Å²) in [4.78, 5) is 61.5. The molecule has 4 heterocycles. The quantitative estimate of drug-likeness (QED) is 0.282. The number of nitrogens with zero attached hydrogens (tertiary/aromatic N) is 5. The maximum absolute atomic E-state index is 13.5. The monoisotopic (exact) mass is 631 g/mol. The van der Waals surface area contributed by atoms with Crippen molar-refractivity contribution in [1.82, 2.24) is 19.7 Å².